The number of hydrogen-bond acceptors (Lipinski definition) is 2. The van der Waals surface area contributed by atoms with Crippen LogP contribution in [0.2, 0.25) is 0 Å². The minimum absolute atomic E-state index is 0.236. The number of nitrogens with zero attached hydrogens (tertiary/aromatic N) is 1. The standard InChI is InChI=1S/C30H51NO2/c1-12-20-31(27(32)33-29(7,8)9)21-18-24(3)26-16-14-13-15-25(26)23(2)17-19-30(10,11)22-28(4,5)6/h13-16,23H,3,12,17-22H2,1-2,4-11H3. The molecule has 0 aliphatic rings. The molecule has 0 aliphatic heterocycles. The van der Waals surface area contributed by atoms with Crippen LogP contribution in [-0.2, 0) is 4.74 Å². The molecule has 0 bridgehead atoms. The van der Waals surface area contributed by atoms with Crippen molar-refractivity contribution in [1.29, 1.82) is 0 Å². The Bertz CT molecular complexity index is 764. The van der Waals surface area contributed by atoms with Gasteiger partial charge in [-0.05, 0) is 86.3 Å². The molecule has 3 nitrogen and oxygen atoms in total. The van der Waals surface area contributed by atoms with Crippen molar-refractivity contribution in [2.24, 2.45) is 10.8 Å². The summed E-state index contributed by atoms with van der Waals surface area (Å²) >= 11 is 0. The highest BCUT2D eigenvalue weighted by molar-refractivity contribution is 5.70. The zero-order chi connectivity index (χ0) is 25.4. The molecule has 0 saturated carbocycles. The molecule has 0 aromatic heterocycles. The second-order valence-corrected chi connectivity index (χ2v) is 12.7. The number of rotatable bonds is 11. The summed E-state index contributed by atoms with van der Waals surface area (Å²) in [5.41, 5.74) is 3.89. The predicted octanol–water partition coefficient (Wildman–Crippen LogP) is 9.08. The SMILES string of the molecule is C=C(CCN(CCC)C(=O)OC(C)(C)C)c1ccccc1C(C)CCC(C)(C)CC(C)(C)C. The second-order valence-electron chi connectivity index (χ2n) is 12.7. The fourth-order valence-electron chi connectivity index (χ4n) is 4.83. The first kappa shape index (κ1) is 29.3. The largest absolute Gasteiger partial charge is 0.444 e. The van der Waals surface area contributed by atoms with Crippen LogP contribution in [0.15, 0.2) is 30.8 Å². The molecule has 1 aromatic rings. The third kappa shape index (κ3) is 11.3. The van der Waals surface area contributed by atoms with E-state index in [0.29, 0.717) is 29.8 Å². The molecule has 1 aromatic carbocycles. The van der Waals surface area contributed by atoms with E-state index in [1.54, 1.807) is 0 Å². The first-order valence-corrected chi connectivity index (χ1v) is 12.8. The number of carbonyl (C=O) groups is 1. The Hall–Kier alpha value is -1.77. The van der Waals surface area contributed by atoms with Gasteiger partial charge in [-0.2, -0.15) is 0 Å². The Morgan fingerprint density at radius 1 is 1.03 bits per heavy atom. The molecule has 0 radical (unpaired) electrons. The van der Waals surface area contributed by atoms with E-state index < -0.39 is 5.60 Å². The van der Waals surface area contributed by atoms with E-state index in [4.69, 9.17) is 4.74 Å². The summed E-state index contributed by atoms with van der Waals surface area (Å²) in [7, 11) is 0. The third-order valence-corrected chi connectivity index (χ3v) is 5.96. The number of amides is 1. The van der Waals surface area contributed by atoms with Gasteiger partial charge in [-0.25, -0.2) is 4.79 Å². The van der Waals surface area contributed by atoms with Crippen molar-refractivity contribution in [3.05, 3.63) is 42.0 Å². The Labute approximate surface area is 205 Å². The van der Waals surface area contributed by atoms with Crippen LogP contribution in [0.4, 0.5) is 4.79 Å². The molecule has 0 heterocycles. The molecular formula is C30H51NO2. The van der Waals surface area contributed by atoms with E-state index in [2.05, 4.69) is 79.3 Å². The molecule has 1 unspecified atom stereocenters. The zero-order valence-electron chi connectivity index (χ0n) is 23.3. The van der Waals surface area contributed by atoms with Crippen LogP contribution in [0.25, 0.3) is 5.57 Å². The fraction of sp³-hybridized carbons (Fsp3) is 0.700. The summed E-state index contributed by atoms with van der Waals surface area (Å²) < 4.78 is 5.61. The number of hydrogen-bond donors (Lipinski definition) is 0. The maximum atomic E-state index is 12.6. The molecule has 1 amide bonds. The van der Waals surface area contributed by atoms with Gasteiger partial charge in [0.25, 0.3) is 0 Å². The van der Waals surface area contributed by atoms with Gasteiger partial charge in [-0.3, -0.25) is 0 Å². The van der Waals surface area contributed by atoms with Crippen molar-refractivity contribution in [2.75, 3.05) is 13.1 Å². The Morgan fingerprint density at radius 2 is 1.64 bits per heavy atom. The minimum atomic E-state index is -0.483. The van der Waals surface area contributed by atoms with Gasteiger partial charge in [0.1, 0.15) is 5.60 Å². The molecule has 33 heavy (non-hydrogen) atoms. The monoisotopic (exact) mass is 457 g/mol. The summed E-state index contributed by atoms with van der Waals surface area (Å²) in [6, 6.07) is 8.66. The Kier molecular flexibility index (Phi) is 10.7. The predicted molar refractivity (Wildman–Crippen MR) is 144 cm³/mol. The van der Waals surface area contributed by atoms with Gasteiger partial charge in [0, 0.05) is 13.1 Å². The van der Waals surface area contributed by atoms with E-state index in [1.165, 1.54) is 24.0 Å². The lowest BCUT2D eigenvalue weighted by Crippen LogP contribution is -2.38. The Balaban J connectivity index is 2.86. The maximum Gasteiger partial charge on any atom is 0.410 e. The van der Waals surface area contributed by atoms with Gasteiger partial charge in [0.05, 0.1) is 0 Å². The van der Waals surface area contributed by atoms with Gasteiger partial charge in [-0.15, -0.1) is 0 Å². The van der Waals surface area contributed by atoms with Crippen LogP contribution in [0.1, 0.15) is 118 Å². The molecule has 0 saturated heterocycles. The van der Waals surface area contributed by atoms with E-state index >= 15 is 0 Å². The normalized spacial score (nSPS) is 13.5. The van der Waals surface area contributed by atoms with Crippen LogP contribution in [0, 0.1) is 10.8 Å². The summed E-state index contributed by atoms with van der Waals surface area (Å²) in [6.07, 6.45) is 5.00. The fourth-order valence-corrected chi connectivity index (χ4v) is 4.83. The quantitative estimate of drug-likeness (QED) is 0.331. The van der Waals surface area contributed by atoms with Crippen molar-refractivity contribution in [1.82, 2.24) is 4.90 Å². The summed E-state index contributed by atoms with van der Waals surface area (Å²) in [4.78, 5) is 14.4. The third-order valence-electron chi connectivity index (χ3n) is 5.96. The number of benzene rings is 1. The second kappa shape index (κ2) is 12.1. The topological polar surface area (TPSA) is 29.5 Å². The summed E-state index contributed by atoms with van der Waals surface area (Å²) in [5.74, 6) is 0.467. The average molecular weight is 458 g/mol. The highest BCUT2D eigenvalue weighted by Crippen LogP contribution is 2.39. The molecule has 188 valence electrons. The highest BCUT2D eigenvalue weighted by atomic mass is 16.6. The molecule has 1 rings (SSSR count). The number of carbonyl (C=O) groups excluding carboxylic acids is 1. The highest BCUT2D eigenvalue weighted by Gasteiger charge is 2.26. The van der Waals surface area contributed by atoms with Crippen molar-refractivity contribution < 1.29 is 9.53 Å². The van der Waals surface area contributed by atoms with Crippen molar-refractivity contribution in [3.63, 3.8) is 0 Å². The lowest BCUT2D eigenvalue weighted by Gasteiger charge is -2.33. The molecule has 0 spiro atoms. The Morgan fingerprint density at radius 3 is 2.18 bits per heavy atom. The van der Waals surface area contributed by atoms with Crippen LogP contribution in [-0.4, -0.2) is 29.7 Å². The molecule has 1 atom stereocenters. The smallest absolute Gasteiger partial charge is 0.410 e. The van der Waals surface area contributed by atoms with Gasteiger partial charge in [0.15, 0.2) is 0 Å². The molecule has 0 aliphatic carbocycles. The lowest BCUT2D eigenvalue weighted by molar-refractivity contribution is 0.0254. The van der Waals surface area contributed by atoms with E-state index in [0.717, 1.165) is 24.8 Å². The molecule has 0 N–H and O–H groups in total. The first-order chi connectivity index (χ1) is 15.0. The molecule has 3 heteroatoms. The van der Waals surface area contributed by atoms with Crippen LogP contribution in [0.3, 0.4) is 0 Å². The lowest BCUT2D eigenvalue weighted by atomic mass is 9.72. The van der Waals surface area contributed by atoms with Gasteiger partial charge in [0.2, 0.25) is 0 Å². The van der Waals surface area contributed by atoms with Gasteiger partial charge < -0.3 is 9.64 Å². The maximum absolute atomic E-state index is 12.6. The zero-order valence-corrected chi connectivity index (χ0v) is 23.3. The van der Waals surface area contributed by atoms with E-state index in [1.807, 2.05) is 25.7 Å². The van der Waals surface area contributed by atoms with Crippen molar-refractivity contribution in [2.45, 2.75) is 113 Å². The van der Waals surface area contributed by atoms with Gasteiger partial charge in [-0.1, -0.05) is 79.3 Å². The number of ether oxygens (including phenoxy) is 1. The average Bonchev–Trinajstić information content (AvgIpc) is 2.66. The van der Waals surface area contributed by atoms with Crippen LogP contribution in [0.5, 0.6) is 0 Å². The van der Waals surface area contributed by atoms with Crippen LogP contribution >= 0.6 is 0 Å². The van der Waals surface area contributed by atoms with Crippen molar-refractivity contribution in [3.8, 4) is 0 Å². The van der Waals surface area contributed by atoms with Crippen molar-refractivity contribution >= 4 is 11.7 Å². The molecule has 0 fully saturated rings. The minimum Gasteiger partial charge on any atom is -0.444 e. The first-order valence-electron chi connectivity index (χ1n) is 12.8. The van der Waals surface area contributed by atoms with Gasteiger partial charge >= 0.3 is 6.09 Å². The summed E-state index contributed by atoms with van der Waals surface area (Å²) in [6.45, 7) is 27.7. The van der Waals surface area contributed by atoms with E-state index in [-0.39, 0.29) is 6.09 Å². The van der Waals surface area contributed by atoms with E-state index in [9.17, 15) is 4.79 Å². The molecular weight excluding hydrogens is 406 g/mol. The van der Waals surface area contributed by atoms with Crippen LogP contribution < -0.4 is 0 Å². The summed E-state index contributed by atoms with van der Waals surface area (Å²) in [5, 5.41) is 0.